The number of halogens is 5. The smallest absolute Gasteiger partial charge is 0.369 e. The third kappa shape index (κ3) is 9.04. The number of benzene rings is 1. The molecule has 28 heavy (non-hydrogen) atoms. The van der Waals surface area contributed by atoms with Crippen molar-refractivity contribution in [1.29, 1.82) is 0 Å². The maximum atomic E-state index is 12.3. The Balaban J connectivity index is 0.00000392. The Morgan fingerprint density at radius 2 is 2.14 bits per heavy atom. The average molecular weight is 534 g/mol. The fourth-order valence-corrected chi connectivity index (χ4v) is 3.30. The molecule has 0 aromatic heterocycles. The number of anilines is 1. The zero-order valence-corrected chi connectivity index (χ0v) is 19.2. The molecule has 0 aliphatic carbocycles. The van der Waals surface area contributed by atoms with Gasteiger partial charge in [0.1, 0.15) is 0 Å². The summed E-state index contributed by atoms with van der Waals surface area (Å²) >= 11 is 6.06. The van der Waals surface area contributed by atoms with Gasteiger partial charge in [-0.25, -0.2) is 0 Å². The topological polar surface area (TPSA) is 42.9 Å². The molecule has 1 heterocycles. The molecule has 1 unspecified atom stereocenters. The van der Waals surface area contributed by atoms with Gasteiger partial charge in [0.2, 0.25) is 0 Å². The van der Waals surface area contributed by atoms with Gasteiger partial charge < -0.3 is 15.5 Å². The van der Waals surface area contributed by atoms with Crippen molar-refractivity contribution in [3.05, 3.63) is 29.3 Å². The Morgan fingerprint density at radius 1 is 1.39 bits per heavy atom. The first kappa shape index (κ1) is 25.1. The maximum Gasteiger partial charge on any atom is 0.401 e. The number of guanidine groups is 1. The molecule has 1 aliphatic heterocycles. The van der Waals surface area contributed by atoms with Crippen molar-refractivity contribution in [2.75, 3.05) is 51.7 Å². The Morgan fingerprint density at radius 3 is 2.79 bits per heavy atom. The molecule has 1 aliphatic rings. The largest absolute Gasteiger partial charge is 0.401 e. The van der Waals surface area contributed by atoms with Crippen LogP contribution in [0, 0.1) is 0 Å². The molecule has 5 nitrogen and oxygen atoms in total. The van der Waals surface area contributed by atoms with Crippen LogP contribution in [0.15, 0.2) is 29.3 Å². The third-order valence-electron chi connectivity index (χ3n) is 4.38. The minimum absolute atomic E-state index is 0. The molecule has 1 saturated heterocycles. The van der Waals surface area contributed by atoms with Crippen LogP contribution in [0.25, 0.3) is 0 Å². The SMILES string of the molecule is CN=C(NCCCN(C)CC(F)(F)F)NC1CCN(c2cccc(Cl)c2)C1.I. The maximum absolute atomic E-state index is 12.3. The summed E-state index contributed by atoms with van der Waals surface area (Å²) < 4.78 is 36.9. The van der Waals surface area contributed by atoms with Crippen LogP contribution in [0.5, 0.6) is 0 Å². The van der Waals surface area contributed by atoms with E-state index in [4.69, 9.17) is 11.6 Å². The van der Waals surface area contributed by atoms with E-state index in [9.17, 15) is 13.2 Å². The zero-order chi connectivity index (χ0) is 19.9. The molecule has 1 aromatic carbocycles. The van der Waals surface area contributed by atoms with Gasteiger partial charge in [-0.05, 0) is 44.6 Å². The first-order valence-electron chi connectivity index (χ1n) is 9.00. The molecular formula is C18H28ClF3IN5. The molecule has 10 heteroatoms. The lowest BCUT2D eigenvalue weighted by atomic mass is 10.2. The lowest BCUT2D eigenvalue weighted by Gasteiger charge is -2.21. The third-order valence-corrected chi connectivity index (χ3v) is 4.62. The van der Waals surface area contributed by atoms with Crippen molar-refractivity contribution in [3.63, 3.8) is 0 Å². The number of rotatable bonds is 7. The predicted molar refractivity (Wildman–Crippen MR) is 120 cm³/mol. The molecule has 0 spiro atoms. The number of hydrogen-bond donors (Lipinski definition) is 2. The Kier molecular flexibility index (Phi) is 10.7. The van der Waals surface area contributed by atoms with Crippen molar-refractivity contribution in [2.45, 2.75) is 25.1 Å². The van der Waals surface area contributed by atoms with Gasteiger partial charge in [0.05, 0.1) is 6.54 Å². The normalized spacial score (nSPS) is 17.6. The van der Waals surface area contributed by atoms with E-state index in [0.29, 0.717) is 25.5 Å². The minimum Gasteiger partial charge on any atom is -0.369 e. The highest BCUT2D eigenvalue weighted by Gasteiger charge is 2.28. The van der Waals surface area contributed by atoms with Gasteiger partial charge in [-0.2, -0.15) is 13.2 Å². The van der Waals surface area contributed by atoms with Crippen LogP contribution in [0.2, 0.25) is 5.02 Å². The highest BCUT2D eigenvalue weighted by atomic mass is 127. The molecule has 160 valence electrons. The van der Waals surface area contributed by atoms with Gasteiger partial charge in [-0.3, -0.25) is 9.89 Å². The molecule has 0 saturated carbocycles. The summed E-state index contributed by atoms with van der Waals surface area (Å²) in [5.74, 6) is 0.673. The zero-order valence-electron chi connectivity index (χ0n) is 16.1. The summed E-state index contributed by atoms with van der Waals surface area (Å²) in [5, 5.41) is 7.27. The standard InChI is InChI=1S/C18H27ClF3N5.HI/c1-23-17(24-8-4-9-26(2)13-18(20,21)22)25-15-7-10-27(12-15)16-6-3-5-14(19)11-16;/h3,5-6,11,15H,4,7-10,12-13H2,1-2H3,(H2,23,24,25);1H. The van der Waals surface area contributed by atoms with Gasteiger partial charge in [0.15, 0.2) is 5.96 Å². The Hall–Kier alpha value is -0.940. The van der Waals surface area contributed by atoms with Crippen LogP contribution in [-0.2, 0) is 0 Å². The van der Waals surface area contributed by atoms with E-state index in [1.165, 1.54) is 11.9 Å². The summed E-state index contributed by atoms with van der Waals surface area (Å²) in [5.41, 5.74) is 1.10. The summed E-state index contributed by atoms with van der Waals surface area (Å²) in [7, 11) is 3.16. The van der Waals surface area contributed by atoms with Gasteiger partial charge in [0, 0.05) is 43.4 Å². The highest BCUT2D eigenvalue weighted by Crippen LogP contribution is 2.23. The molecule has 1 fully saturated rings. The summed E-state index contributed by atoms with van der Waals surface area (Å²) in [4.78, 5) is 7.74. The second kappa shape index (κ2) is 11.9. The van der Waals surface area contributed by atoms with E-state index in [0.717, 1.165) is 30.2 Å². The number of nitrogens with one attached hydrogen (secondary N) is 2. The van der Waals surface area contributed by atoms with E-state index in [2.05, 4.69) is 20.5 Å². The van der Waals surface area contributed by atoms with Crippen molar-refractivity contribution in [2.24, 2.45) is 4.99 Å². The summed E-state index contributed by atoms with van der Waals surface area (Å²) in [6, 6.07) is 8.04. The highest BCUT2D eigenvalue weighted by molar-refractivity contribution is 14.0. The molecule has 2 N–H and O–H groups in total. The fraction of sp³-hybridized carbons (Fsp3) is 0.611. The van der Waals surface area contributed by atoms with E-state index in [1.54, 1.807) is 7.05 Å². The predicted octanol–water partition coefficient (Wildman–Crippen LogP) is 3.59. The summed E-state index contributed by atoms with van der Waals surface area (Å²) in [6.07, 6.45) is -2.58. The van der Waals surface area contributed by atoms with Crippen LogP contribution in [0.1, 0.15) is 12.8 Å². The van der Waals surface area contributed by atoms with E-state index in [1.807, 2.05) is 24.3 Å². The first-order chi connectivity index (χ1) is 12.8. The molecule has 1 atom stereocenters. The van der Waals surface area contributed by atoms with Crippen molar-refractivity contribution in [1.82, 2.24) is 15.5 Å². The van der Waals surface area contributed by atoms with E-state index >= 15 is 0 Å². The molecule has 2 rings (SSSR count). The van der Waals surface area contributed by atoms with Crippen LogP contribution < -0.4 is 15.5 Å². The Labute approximate surface area is 186 Å². The van der Waals surface area contributed by atoms with Crippen molar-refractivity contribution >= 4 is 47.2 Å². The van der Waals surface area contributed by atoms with Gasteiger partial charge in [0.25, 0.3) is 0 Å². The molecular weight excluding hydrogens is 506 g/mol. The quantitative estimate of drug-likeness (QED) is 0.243. The molecule has 0 radical (unpaired) electrons. The Bertz CT molecular complexity index is 629. The van der Waals surface area contributed by atoms with E-state index < -0.39 is 12.7 Å². The minimum atomic E-state index is -4.16. The van der Waals surface area contributed by atoms with Crippen LogP contribution in [0.4, 0.5) is 18.9 Å². The van der Waals surface area contributed by atoms with E-state index in [-0.39, 0.29) is 30.0 Å². The lowest BCUT2D eigenvalue weighted by molar-refractivity contribution is -0.143. The monoisotopic (exact) mass is 533 g/mol. The number of alkyl halides is 3. The van der Waals surface area contributed by atoms with Crippen LogP contribution in [-0.4, -0.2) is 69.9 Å². The molecule has 1 aromatic rings. The summed E-state index contributed by atoms with van der Waals surface area (Å²) in [6.45, 7) is 1.82. The number of aliphatic imine (C=N–C) groups is 1. The van der Waals surface area contributed by atoms with Crippen molar-refractivity contribution in [3.8, 4) is 0 Å². The van der Waals surface area contributed by atoms with Crippen molar-refractivity contribution < 1.29 is 13.2 Å². The first-order valence-corrected chi connectivity index (χ1v) is 9.37. The van der Waals surface area contributed by atoms with Crippen LogP contribution >= 0.6 is 35.6 Å². The van der Waals surface area contributed by atoms with Gasteiger partial charge in [-0.15, -0.1) is 24.0 Å². The van der Waals surface area contributed by atoms with Gasteiger partial charge in [-0.1, -0.05) is 17.7 Å². The van der Waals surface area contributed by atoms with Crippen LogP contribution in [0.3, 0.4) is 0 Å². The average Bonchev–Trinajstić information content (AvgIpc) is 3.04. The second-order valence-electron chi connectivity index (χ2n) is 6.76. The lowest BCUT2D eigenvalue weighted by Crippen LogP contribution is -2.45. The number of nitrogens with zero attached hydrogens (tertiary/aromatic N) is 3. The van der Waals surface area contributed by atoms with Gasteiger partial charge >= 0.3 is 6.18 Å². The number of hydrogen-bond acceptors (Lipinski definition) is 3. The fourth-order valence-electron chi connectivity index (χ4n) is 3.11. The second-order valence-corrected chi connectivity index (χ2v) is 7.20. The molecule has 0 amide bonds. The molecule has 0 bridgehead atoms.